The molecule has 1 aliphatic heterocycles. The molecule has 0 aliphatic carbocycles. The highest BCUT2D eigenvalue weighted by molar-refractivity contribution is 7.89. The molecule has 28 heavy (non-hydrogen) atoms. The Bertz CT molecular complexity index is 908. The van der Waals surface area contributed by atoms with Crippen molar-refractivity contribution < 1.29 is 23.1 Å². The normalized spacial score (nSPS) is 16.0. The molecule has 1 aromatic heterocycles. The van der Waals surface area contributed by atoms with Crippen LogP contribution in [0.2, 0.25) is 0 Å². The smallest absolute Gasteiger partial charge is 0.240 e. The van der Waals surface area contributed by atoms with Crippen molar-refractivity contribution in [3.63, 3.8) is 0 Å². The molecule has 7 nitrogen and oxygen atoms in total. The lowest BCUT2D eigenvalue weighted by Crippen LogP contribution is -2.29. The summed E-state index contributed by atoms with van der Waals surface area (Å²) in [6, 6.07) is 7.70. The predicted octanol–water partition coefficient (Wildman–Crippen LogP) is 2.24. The van der Waals surface area contributed by atoms with Crippen molar-refractivity contribution in [2.24, 2.45) is 0 Å². The summed E-state index contributed by atoms with van der Waals surface area (Å²) in [5, 5.41) is 13.2. The minimum absolute atomic E-state index is 0.0443. The average Bonchev–Trinajstić information content (AvgIpc) is 3.31. The number of thiophene rings is 1. The van der Waals surface area contributed by atoms with Gasteiger partial charge in [0.2, 0.25) is 21.8 Å². The second-order valence-corrected chi connectivity index (χ2v) is 9.12. The predicted molar refractivity (Wildman–Crippen MR) is 107 cm³/mol. The Morgan fingerprint density at radius 1 is 1.07 bits per heavy atom. The molecule has 1 aromatic carbocycles. The maximum Gasteiger partial charge on any atom is 0.240 e. The second-order valence-electron chi connectivity index (χ2n) is 6.57. The quantitative estimate of drug-likeness (QED) is 0.603. The van der Waals surface area contributed by atoms with E-state index in [1.807, 2.05) is 16.8 Å². The number of nitrogens with zero attached hydrogens (tertiary/aromatic N) is 1. The van der Waals surface area contributed by atoms with Gasteiger partial charge in [-0.15, -0.1) is 0 Å². The van der Waals surface area contributed by atoms with Gasteiger partial charge in [-0.1, -0.05) is 0 Å². The molecular formula is C19H22N2O5S2. The zero-order chi connectivity index (χ0) is 20.1. The van der Waals surface area contributed by atoms with Gasteiger partial charge in [0.15, 0.2) is 0 Å². The number of hydrogen-bond acceptors (Lipinski definition) is 6. The summed E-state index contributed by atoms with van der Waals surface area (Å²) in [6.45, 7) is 0.288. The van der Waals surface area contributed by atoms with E-state index in [9.17, 15) is 23.1 Å². The van der Waals surface area contributed by atoms with Gasteiger partial charge in [0.1, 0.15) is 0 Å². The highest BCUT2D eigenvalue weighted by atomic mass is 32.2. The van der Waals surface area contributed by atoms with Crippen molar-refractivity contribution in [3.8, 4) is 0 Å². The molecule has 1 aliphatic rings. The van der Waals surface area contributed by atoms with E-state index in [0.717, 1.165) is 10.5 Å². The molecule has 2 heterocycles. The molecule has 0 bridgehead atoms. The van der Waals surface area contributed by atoms with E-state index in [1.165, 1.54) is 24.3 Å². The molecule has 150 valence electrons. The Kier molecular flexibility index (Phi) is 6.61. The van der Waals surface area contributed by atoms with Crippen LogP contribution in [0, 0.1) is 0 Å². The van der Waals surface area contributed by atoms with Gasteiger partial charge >= 0.3 is 0 Å². The number of anilines is 1. The minimum Gasteiger partial charge on any atom is -0.396 e. The fourth-order valence-corrected chi connectivity index (χ4v) is 5.02. The summed E-state index contributed by atoms with van der Waals surface area (Å²) in [4.78, 5) is 24.7. The minimum atomic E-state index is -3.71. The van der Waals surface area contributed by atoms with Crippen molar-refractivity contribution in [3.05, 3.63) is 46.7 Å². The maximum atomic E-state index is 12.5. The van der Waals surface area contributed by atoms with E-state index >= 15 is 0 Å². The summed E-state index contributed by atoms with van der Waals surface area (Å²) >= 11 is 1.57. The van der Waals surface area contributed by atoms with Gasteiger partial charge < -0.3 is 5.11 Å². The van der Waals surface area contributed by atoms with Crippen molar-refractivity contribution in [2.45, 2.75) is 36.5 Å². The molecular weight excluding hydrogens is 400 g/mol. The van der Waals surface area contributed by atoms with E-state index in [0.29, 0.717) is 18.5 Å². The number of carbonyl (C=O) groups excluding carboxylic acids is 2. The van der Waals surface area contributed by atoms with E-state index in [-0.39, 0.29) is 48.6 Å². The third-order valence-electron chi connectivity index (χ3n) is 4.73. The molecule has 1 fully saturated rings. The number of hydrogen-bond donors (Lipinski definition) is 2. The van der Waals surface area contributed by atoms with Crippen LogP contribution in [-0.2, 0) is 19.6 Å². The zero-order valence-electron chi connectivity index (χ0n) is 15.2. The van der Waals surface area contributed by atoms with E-state index in [4.69, 9.17) is 0 Å². The van der Waals surface area contributed by atoms with Crippen LogP contribution in [-0.4, -0.2) is 38.5 Å². The average molecular weight is 423 g/mol. The number of carbonyl (C=O) groups is 2. The fraction of sp³-hybridized carbons (Fsp3) is 0.368. The Hall–Kier alpha value is -2.07. The standard InChI is InChI=1S/C19H22N2O5S2/c22-11-8-14(15-9-12-27-13-15)7-10-20-28(25,26)17-3-1-16(2-4-17)21-18(23)5-6-19(21)24/h1-4,9,12-14,20,22H,5-8,10-11H2/t14-/m1/s1. The van der Waals surface area contributed by atoms with Gasteiger partial charge in [-0.05, 0) is 65.4 Å². The van der Waals surface area contributed by atoms with Crippen LogP contribution in [0.4, 0.5) is 5.69 Å². The Morgan fingerprint density at radius 2 is 1.75 bits per heavy atom. The third kappa shape index (κ3) is 4.67. The Morgan fingerprint density at radius 3 is 2.32 bits per heavy atom. The Labute approximate surface area is 168 Å². The van der Waals surface area contributed by atoms with E-state index in [1.54, 1.807) is 11.3 Å². The van der Waals surface area contributed by atoms with Crippen molar-refractivity contribution in [1.82, 2.24) is 4.72 Å². The van der Waals surface area contributed by atoms with E-state index in [2.05, 4.69) is 4.72 Å². The highest BCUT2D eigenvalue weighted by Crippen LogP contribution is 2.26. The molecule has 9 heteroatoms. The topological polar surface area (TPSA) is 104 Å². The van der Waals surface area contributed by atoms with Crippen LogP contribution in [0.1, 0.15) is 37.2 Å². The number of nitrogens with one attached hydrogen (secondary N) is 1. The molecule has 0 radical (unpaired) electrons. The second kappa shape index (κ2) is 8.95. The Balaban J connectivity index is 1.62. The first-order valence-electron chi connectivity index (χ1n) is 9.01. The number of imide groups is 1. The van der Waals surface area contributed by atoms with Crippen LogP contribution >= 0.6 is 11.3 Å². The third-order valence-corrected chi connectivity index (χ3v) is 6.91. The SMILES string of the molecule is O=C1CCC(=O)N1c1ccc(S(=O)(=O)NCC[C@H](CCO)c2ccsc2)cc1. The summed E-state index contributed by atoms with van der Waals surface area (Å²) in [6.07, 6.45) is 1.51. The molecule has 2 amide bonds. The van der Waals surface area contributed by atoms with Crippen molar-refractivity contribution >= 4 is 38.9 Å². The van der Waals surface area contributed by atoms with Crippen LogP contribution in [0.25, 0.3) is 0 Å². The van der Waals surface area contributed by atoms with Gasteiger partial charge in [0, 0.05) is 26.0 Å². The molecule has 0 saturated carbocycles. The van der Waals surface area contributed by atoms with Gasteiger partial charge in [0.05, 0.1) is 10.6 Å². The largest absolute Gasteiger partial charge is 0.396 e. The molecule has 1 saturated heterocycles. The number of aliphatic hydroxyl groups excluding tert-OH is 1. The molecule has 0 unspecified atom stereocenters. The lowest BCUT2D eigenvalue weighted by atomic mass is 9.95. The van der Waals surface area contributed by atoms with Crippen LogP contribution in [0.15, 0.2) is 46.0 Å². The maximum absolute atomic E-state index is 12.5. The highest BCUT2D eigenvalue weighted by Gasteiger charge is 2.30. The molecule has 2 N–H and O–H groups in total. The summed E-state index contributed by atoms with van der Waals surface area (Å²) in [7, 11) is -3.71. The van der Waals surface area contributed by atoms with Gasteiger partial charge in [0.25, 0.3) is 0 Å². The first kappa shape index (κ1) is 20.7. The van der Waals surface area contributed by atoms with E-state index < -0.39 is 10.0 Å². The van der Waals surface area contributed by atoms with Crippen molar-refractivity contribution in [1.29, 1.82) is 0 Å². The zero-order valence-corrected chi connectivity index (χ0v) is 16.8. The summed E-state index contributed by atoms with van der Waals surface area (Å²) in [5.74, 6) is -0.460. The molecule has 2 aromatic rings. The van der Waals surface area contributed by atoms with Gasteiger partial charge in [-0.3, -0.25) is 14.5 Å². The molecule has 0 spiro atoms. The van der Waals surface area contributed by atoms with Crippen molar-refractivity contribution in [2.75, 3.05) is 18.1 Å². The van der Waals surface area contributed by atoms with Crippen LogP contribution in [0.3, 0.4) is 0 Å². The molecule has 1 atom stereocenters. The van der Waals surface area contributed by atoms with Gasteiger partial charge in [-0.2, -0.15) is 11.3 Å². The summed E-state index contributed by atoms with van der Waals surface area (Å²) < 4.78 is 27.6. The summed E-state index contributed by atoms with van der Waals surface area (Å²) in [5.41, 5.74) is 1.48. The number of aliphatic hydroxyl groups is 1. The molecule has 3 rings (SSSR count). The lowest BCUT2D eigenvalue weighted by Gasteiger charge is -2.16. The number of rotatable bonds is 9. The number of amides is 2. The van der Waals surface area contributed by atoms with Gasteiger partial charge in [-0.25, -0.2) is 13.1 Å². The van der Waals surface area contributed by atoms with Crippen LogP contribution in [0.5, 0.6) is 0 Å². The fourth-order valence-electron chi connectivity index (χ4n) is 3.23. The lowest BCUT2D eigenvalue weighted by molar-refractivity contribution is -0.121. The monoisotopic (exact) mass is 422 g/mol. The first-order chi connectivity index (χ1) is 13.4. The van der Waals surface area contributed by atoms with Crippen LogP contribution < -0.4 is 9.62 Å². The number of sulfonamides is 1. The number of benzene rings is 1. The first-order valence-corrected chi connectivity index (χ1v) is 11.4.